The topological polar surface area (TPSA) is 54.5 Å². The molecule has 0 aliphatic carbocycles. The second kappa shape index (κ2) is 8.17. The number of esters is 1. The smallest absolute Gasteiger partial charge is 0.340 e. The summed E-state index contributed by atoms with van der Waals surface area (Å²) in [7, 11) is 3.87. The Kier molecular flexibility index (Phi) is 5.71. The van der Waals surface area contributed by atoms with Crippen LogP contribution in [0.25, 0.3) is 10.9 Å². The van der Waals surface area contributed by atoms with Gasteiger partial charge in [-0.05, 0) is 50.5 Å². The number of anilines is 2. The van der Waals surface area contributed by atoms with E-state index >= 15 is 0 Å². The molecule has 3 rings (SSSR count). The number of hydrogen-bond donors (Lipinski definition) is 1. The Bertz CT molecular complexity index is 928. The zero-order valence-corrected chi connectivity index (χ0v) is 15.5. The van der Waals surface area contributed by atoms with Gasteiger partial charge in [-0.15, -0.1) is 0 Å². The molecule has 1 heterocycles. The first kappa shape index (κ1) is 18.2. The number of aromatic nitrogens is 1. The molecule has 0 bridgehead atoms. The predicted molar refractivity (Wildman–Crippen MR) is 105 cm³/mol. The van der Waals surface area contributed by atoms with Gasteiger partial charge in [-0.2, -0.15) is 0 Å². The molecule has 6 heteroatoms. The number of rotatable bonds is 6. The molecule has 0 saturated carbocycles. The van der Waals surface area contributed by atoms with Crippen molar-refractivity contribution in [2.45, 2.75) is 0 Å². The van der Waals surface area contributed by atoms with E-state index in [1.165, 1.54) is 0 Å². The summed E-state index contributed by atoms with van der Waals surface area (Å²) < 4.78 is 5.37. The highest BCUT2D eigenvalue weighted by molar-refractivity contribution is 6.31. The van der Waals surface area contributed by atoms with E-state index < -0.39 is 0 Å². The summed E-state index contributed by atoms with van der Waals surface area (Å²) in [4.78, 5) is 18.7. The molecular formula is C20H20ClN3O2. The van der Waals surface area contributed by atoms with Crippen molar-refractivity contribution in [3.05, 3.63) is 65.3 Å². The summed E-state index contributed by atoms with van der Waals surface area (Å²) in [6, 6.07) is 14.7. The van der Waals surface area contributed by atoms with Gasteiger partial charge in [0, 0.05) is 28.8 Å². The molecule has 0 radical (unpaired) electrons. The maximum absolute atomic E-state index is 12.4. The van der Waals surface area contributed by atoms with Crippen LogP contribution in [-0.4, -0.2) is 43.1 Å². The Hall–Kier alpha value is -2.63. The maximum Gasteiger partial charge on any atom is 0.340 e. The predicted octanol–water partition coefficient (Wildman–Crippen LogP) is 4.35. The van der Waals surface area contributed by atoms with Crippen molar-refractivity contribution in [2.24, 2.45) is 0 Å². The fourth-order valence-corrected chi connectivity index (χ4v) is 2.71. The minimum atomic E-state index is -0.351. The quantitative estimate of drug-likeness (QED) is 0.654. The van der Waals surface area contributed by atoms with Crippen molar-refractivity contribution in [2.75, 3.05) is 32.6 Å². The highest BCUT2D eigenvalue weighted by atomic mass is 35.5. The van der Waals surface area contributed by atoms with E-state index in [-0.39, 0.29) is 5.97 Å². The van der Waals surface area contributed by atoms with Crippen LogP contribution >= 0.6 is 11.6 Å². The SMILES string of the molecule is CN(C)CCOC(=O)c1ccccc1Nc1ccnc2cc(Cl)ccc12. The highest BCUT2D eigenvalue weighted by Crippen LogP contribution is 2.28. The lowest BCUT2D eigenvalue weighted by Crippen LogP contribution is -2.20. The largest absolute Gasteiger partial charge is 0.461 e. The average molecular weight is 370 g/mol. The molecule has 0 fully saturated rings. The van der Waals surface area contributed by atoms with Crippen LogP contribution in [0.4, 0.5) is 11.4 Å². The summed E-state index contributed by atoms with van der Waals surface area (Å²) in [5.41, 5.74) is 2.81. The minimum absolute atomic E-state index is 0.344. The summed E-state index contributed by atoms with van der Waals surface area (Å²) in [5.74, 6) is -0.351. The van der Waals surface area contributed by atoms with E-state index in [4.69, 9.17) is 16.3 Å². The Balaban J connectivity index is 1.86. The third-order valence-corrected chi connectivity index (χ3v) is 4.13. The van der Waals surface area contributed by atoms with Crippen molar-refractivity contribution in [3.8, 4) is 0 Å². The number of carbonyl (C=O) groups is 1. The van der Waals surface area contributed by atoms with Crippen LogP contribution < -0.4 is 5.32 Å². The van der Waals surface area contributed by atoms with Crippen molar-refractivity contribution in [3.63, 3.8) is 0 Å². The van der Waals surface area contributed by atoms with E-state index in [0.29, 0.717) is 29.4 Å². The van der Waals surface area contributed by atoms with E-state index in [1.54, 1.807) is 12.3 Å². The van der Waals surface area contributed by atoms with Gasteiger partial charge < -0.3 is 15.0 Å². The van der Waals surface area contributed by atoms with Gasteiger partial charge in [-0.3, -0.25) is 4.98 Å². The van der Waals surface area contributed by atoms with Crippen LogP contribution in [0.15, 0.2) is 54.7 Å². The molecule has 26 heavy (non-hydrogen) atoms. The van der Waals surface area contributed by atoms with Gasteiger partial charge >= 0.3 is 5.97 Å². The van der Waals surface area contributed by atoms with Gasteiger partial charge in [0.05, 0.1) is 16.8 Å². The Morgan fingerprint density at radius 2 is 1.96 bits per heavy atom. The normalized spacial score (nSPS) is 10.9. The number of nitrogens with one attached hydrogen (secondary N) is 1. The first-order chi connectivity index (χ1) is 12.5. The molecule has 0 aliphatic rings. The van der Waals surface area contributed by atoms with Gasteiger partial charge in [-0.25, -0.2) is 4.79 Å². The number of benzene rings is 2. The summed E-state index contributed by atoms with van der Waals surface area (Å²) in [5, 5.41) is 4.88. The van der Waals surface area contributed by atoms with Gasteiger partial charge in [0.15, 0.2) is 0 Å². The number of likely N-dealkylation sites (N-methyl/N-ethyl adjacent to an activating group) is 1. The van der Waals surface area contributed by atoms with Crippen LogP contribution in [-0.2, 0) is 4.74 Å². The highest BCUT2D eigenvalue weighted by Gasteiger charge is 2.13. The number of pyridine rings is 1. The molecular weight excluding hydrogens is 350 g/mol. The molecule has 0 amide bonds. The van der Waals surface area contributed by atoms with Crippen LogP contribution in [0.2, 0.25) is 5.02 Å². The molecule has 1 N–H and O–H groups in total. The van der Waals surface area contributed by atoms with Gasteiger partial charge in [0.2, 0.25) is 0 Å². The minimum Gasteiger partial charge on any atom is -0.461 e. The number of hydrogen-bond acceptors (Lipinski definition) is 5. The third-order valence-electron chi connectivity index (χ3n) is 3.89. The summed E-state index contributed by atoms with van der Waals surface area (Å²) in [6.45, 7) is 1.02. The monoisotopic (exact) mass is 369 g/mol. The van der Waals surface area contributed by atoms with Crippen molar-refractivity contribution in [1.82, 2.24) is 9.88 Å². The van der Waals surface area contributed by atoms with Gasteiger partial charge in [-0.1, -0.05) is 23.7 Å². The molecule has 2 aromatic carbocycles. The summed E-state index contributed by atoms with van der Waals surface area (Å²) >= 11 is 6.04. The van der Waals surface area contributed by atoms with E-state index in [0.717, 1.165) is 16.6 Å². The fourth-order valence-electron chi connectivity index (χ4n) is 2.54. The lowest BCUT2D eigenvalue weighted by atomic mass is 10.1. The first-order valence-corrected chi connectivity index (χ1v) is 8.64. The number of ether oxygens (including phenoxy) is 1. The molecule has 0 spiro atoms. The first-order valence-electron chi connectivity index (χ1n) is 8.27. The summed E-state index contributed by atoms with van der Waals surface area (Å²) in [6.07, 6.45) is 1.71. The van der Waals surface area contributed by atoms with E-state index in [2.05, 4.69) is 10.3 Å². The lowest BCUT2D eigenvalue weighted by Gasteiger charge is -2.14. The Labute approximate surface area is 157 Å². The number of nitrogens with zero attached hydrogens (tertiary/aromatic N) is 2. The van der Waals surface area contributed by atoms with Crippen molar-refractivity contribution >= 4 is 39.8 Å². The van der Waals surface area contributed by atoms with E-state index in [9.17, 15) is 4.79 Å². The number of halogens is 1. The molecule has 0 aliphatic heterocycles. The zero-order chi connectivity index (χ0) is 18.5. The molecule has 0 atom stereocenters. The maximum atomic E-state index is 12.4. The fraction of sp³-hybridized carbons (Fsp3) is 0.200. The second-order valence-corrected chi connectivity index (χ2v) is 6.57. The van der Waals surface area contributed by atoms with Crippen molar-refractivity contribution < 1.29 is 9.53 Å². The molecule has 5 nitrogen and oxygen atoms in total. The molecule has 1 aromatic heterocycles. The van der Waals surface area contributed by atoms with Gasteiger partial charge in [0.1, 0.15) is 6.61 Å². The number of para-hydroxylation sites is 1. The molecule has 134 valence electrons. The number of carbonyl (C=O) groups excluding carboxylic acids is 1. The molecule has 0 unspecified atom stereocenters. The number of fused-ring (bicyclic) bond motifs is 1. The standard InChI is InChI=1S/C20H20ClN3O2/c1-24(2)11-12-26-20(25)16-5-3-4-6-17(16)23-18-9-10-22-19-13-14(21)7-8-15(18)19/h3-10,13H,11-12H2,1-2H3,(H,22,23). The van der Waals surface area contributed by atoms with Crippen LogP contribution in [0.1, 0.15) is 10.4 Å². The van der Waals surface area contributed by atoms with Crippen LogP contribution in [0.3, 0.4) is 0 Å². The zero-order valence-electron chi connectivity index (χ0n) is 14.7. The Morgan fingerprint density at radius 3 is 2.77 bits per heavy atom. The lowest BCUT2D eigenvalue weighted by molar-refractivity contribution is 0.0483. The third kappa shape index (κ3) is 4.31. The van der Waals surface area contributed by atoms with Crippen molar-refractivity contribution in [1.29, 1.82) is 0 Å². The van der Waals surface area contributed by atoms with Gasteiger partial charge in [0.25, 0.3) is 0 Å². The van der Waals surface area contributed by atoms with E-state index in [1.807, 2.05) is 61.5 Å². The van der Waals surface area contributed by atoms with Crippen LogP contribution in [0.5, 0.6) is 0 Å². The van der Waals surface area contributed by atoms with Crippen LogP contribution in [0, 0.1) is 0 Å². The Morgan fingerprint density at radius 1 is 1.15 bits per heavy atom. The average Bonchev–Trinajstić information content (AvgIpc) is 2.61. The molecule has 3 aromatic rings. The molecule has 0 saturated heterocycles. The second-order valence-electron chi connectivity index (χ2n) is 6.13.